The molecule has 0 unspecified atom stereocenters. The van der Waals surface area contributed by atoms with Crippen LogP contribution in [-0.2, 0) is 4.79 Å². The van der Waals surface area contributed by atoms with E-state index in [9.17, 15) is 9.59 Å². The zero-order chi connectivity index (χ0) is 13.9. The molecule has 0 aromatic heterocycles. The van der Waals surface area contributed by atoms with Gasteiger partial charge >= 0.3 is 5.97 Å². The van der Waals surface area contributed by atoms with Crippen LogP contribution in [0.1, 0.15) is 37.6 Å². The first kappa shape index (κ1) is 14.5. The number of hydrogen-bond acceptors (Lipinski definition) is 2. The summed E-state index contributed by atoms with van der Waals surface area (Å²) in [6, 6.07) is 4.48. The molecule has 4 nitrogen and oxygen atoms in total. The zero-order valence-corrected chi connectivity index (χ0v) is 11.3. The fraction of sp³-hybridized carbons (Fsp3) is 0.385. The second-order valence-corrected chi connectivity index (χ2v) is 5.07. The number of aromatic carboxylic acids is 1. The summed E-state index contributed by atoms with van der Waals surface area (Å²) in [5.41, 5.74) is -0.435. The summed E-state index contributed by atoms with van der Waals surface area (Å²) >= 11 is 5.93. The molecule has 1 rings (SSSR count). The van der Waals surface area contributed by atoms with Crippen LogP contribution in [0.2, 0.25) is 5.02 Å². The van der Waals surface area contributed by atoms with Crippen molar-refractivity contribution >= 4 is 29.2 Å². The van der Waals surface area contributed by atoms with Crippen LogP contribution in [0.4, 0.5) is 5.69 Å². The minimum absolute atomic E-state index is 0.0113. The fourth-order valence-corrected chi connectivity index (χ4v) is 1.49. The van der Waals surface area contributed by atoms with Crippen molar-refractivity contribution in [2.24, 2.45) is 5.41 Å². The number of hydrogen-bond donors (Lipinski definition) is 2. The fourth-order valence-electron chi connectivity index (χ4n) is 1.27. The van der Waals surface area contributed by atoms with Gasteiger partial charge in [-0.1, -0.05) is 38.4 Å². The van der Waals surface area contributed by atoms with E-state index in [1.807, 2.05) is 6.92 Å². The number of benzene rings is 1. The highest BCUT2D eigenvalue weighted by Gasteiger charge is 2.27. The molecular formula is C13H16ClNO3. The molecule has 0 aliphatic carbocycles. The molecule has 0 saturated heterocycles. The molecule has 0 heterocycles. The lowest BCUT2D eigenvalue weighted by Gasteiger charge is -2.22. The first-order valence-corrected chi connectivity index (χ1v) is 6.00. The van der Waals surface area contributed by atoms with Gasteiger partial charge in [-0.3, -0.25) is 4.79 Å². The molecule has 0 atom stereocenters. The van der Waals surface area contributed by atoms with E-state index in [1.54, 1.807) is 19.9 Å². The normalized spacial score (nSPS) is 11.1. The van der Waals surface area contributed by atoms with Crippen molar-refractivity contribution in [3.63, 3.8) is 0 Å². The predicted octanol–water partition coefficient (Wildman–Crippen LogP) is 3.41. The molecule has 0 bridgehead atoms. The number of halogens is 1. The topological polar surface area (TPSA) is 66.4 Å². The SMILES string of the molecule is CCC(C)(C)C(=O)Nc1c(Cl)cccc1C(=O)O. The Bertz CT molecular complexity index is 483. The van der Waals surface area contributed by atoms with Crippen molar-refractivity contribution in [2.45, 2.75) is 27.2 Å². The Morgan fingerprint density at radius 3 is 2.50 bits per heavy atom. The van der Waals surface area contributed by atoms with Crippen LogP contribution in [0.25, 0.3) is 0 Å². The van der Waals surface area contributed by atoms with E-state index in [2.05, 4.69) is 5.32 Å². The van der Waals surface area contributed by atoms with Crippen molar-refractivity contribution < 1.29 is 14.7 Å². The minimum Gasteiger partial charge on any atom is -0.478 e. The van der Waals surface area contributed by atoms with Gasteiger partial charge < -0.3 is 10.4 Å². The van der Waals surface area contributed by atoms with E-state index in [0.29, 0.717) is 6.42 Å². The summed E-state index contributed by atoms with van der Waals surface area (Å²) in [6.45, 7) is 5.48. The summed E-state index contributed by atoms with van der Waals surface area (Å²) in [5, 5.41) is 11.9. The van der Waals surface area contributed by atoms with Crippen molar-refractivity contribution in [2.75, 3.05) is 5.32 Å². The molecule has 1 aromatic carbocycles. The summed E-state index contributed by atoms with van der Waals surface area (Å²) in [6.07, 6.45) is 0.645. The molecule has 1 amide bonds. The monoisotopic (exact) mass is 269 g/mol. The maximum absolute atomic E-state index is 12.0. The van der Waals surface area contributed by atoms with Crippen LogP contribution >= 0.6 is 11.6 Å². The Labute approximate surface area is 111 Å². The standard InChI is InChI=1S/C13H16ClNO3/c1-4-13(2,3)12(18)15-10-8(11(16)17)6-5-7-9(10)14/h5-7H,4H2,1-3H3,(H,15,18)(H,16,17). The lowest BCUT2D eigenvalue weighted by Crippen LogP contribution is -2.30. The molecule has 0 fully saturated rings. The number of nitrogens with one attached hydrogen (secondary N) is 1. The number of carbonyl (C=O) groups is 2. The van der Waals surface area contributed by atoms with Crippen LogP contribution in [0.15, 0.2) is 18.2 Å². The Morgan fingerprint density at radius 2 is 2.00 bits per heavy atom. The Kier molecular flexibility index (Phi) is 4.35. The lowest BCUT2D eigenvalue weighted by atomic mass is 9.89. The smallest absolute Gasteiger partial charge is 0.337 e. The zero-order valence-electron chi connectivity index (χ0n) is 10.6. The van der Waals surface area contributed by atoms with Crippen molar-refractivity contribution in [1.29, 1.82) is 0 Å². The molecule has 0 radical (unpaired) electrons. The number of para-hydroxylation sites is 1. The van der Waals surface area contributed by atoms with Gasteiger partial charge in [0.25, 0.3) is 0 Å². The molecule has 0 saturated carbocycles. The number of anilines is 1. The first-order valence-electron chi connectivity index (χ1n) is 5.63. The molecular weight excluding hydrogens is 254 g/mol. The van der Waals surface area contributed by atoms with Gasteiger partial charge in [-0.15, -0.1) is 0 Å². The highest BCUT2D eigenvalue weighted by atomic mass is 35.5. The Balaban J connectivity index is 3.12. The van der Waals surface area contributed by atoms with Gasteiger partial charge in [0.2, 0.25) is 5.91 Å². The molecule has 1 aromatic rings. The third kappa shape index (κ3) is 3.01. The van der Waals surface area contributed by atoms with Gasteiger partial charge in [-0.25, -0.2) is 4.79 Å². The maximum Gasteiger partial charge on any atom is 0.337 e. The molecule has 98 valence electrons. The number of carbonyl (C=O) groups excluding carboxylic acids is 1. The van der Waals surface area contributed by atoms with Crippen LogP contribution in [0, 0.1) is 5.41 Å². The number of rotatable bonds is 4. The van der Waals surface area contributed by atoms with Crippen LogP contribution in [0.3, 0.4) is 0 Å². The molecule has 0 spiro atoms. The quantitative estimate of drug-likeness (QED) is 0.880. The van der Waals surface area contributed by atoms with E-state index in [1.165, 1.54) is 12.1 Å². The maximum atomic E-state index is 12.0. The van der Waals surface area contributed by atoms with Gasteiger partial charge in [0, 0.05) is 5.41 Å². The predicted molar refractivity (Wildman–Crippen MR) is 71.1 cm³/mol. The summed E-state index contributed by atoms with van der Waals surface area (Å²) in [4.78, 5) is 23.1. The van der Waals surface area contributed by atoms with E-state index in [0.717, 1.165) is 0 Å². The third-order valence-corrected chi connectivity index (χ3v) is 3.30. The average molecular weight is 270 g/mol. The second-order valence-electron chi connectivity index (χ2n) is 4.66. The average Bonchev–Trinajstić information content (AvgIpc) is 2.31. The summed E-state index contributed by atoms with van der Waals surface area (Å²) < 4.78 is 0. The molecule has 2 N–H and O–H groups in total. The van der Waals surface area contributed by atoms with Crippen molar-refractivity contribution in [1.82, 2.24) is 0 Å². The van der Waals surface area contributed by atoms with Crippen molar-refractivity contribution in [3.05, 3.63) is 28.8 Å². The van der Waals surface area contributed by atoms with E-state index >= 15 is 0 Å². The highest BCUT2D eigenvalue weighted by Crippen LogP contribution is 2.29. The molecule has 5 heteroatoms. The largest absolute Gasteiger partial charge is 0.478 e. The van der Waals surface area contributed by atoms with Crippen LogP contribution < -0.4 is 5.32 Å². The molecule has 18 heavy (non-hydrogen) atoms. The van der Waals surface area contributed by atoms with Gasteiger partial charge in [-0.2, -0.15) is 0 Å². The van der Waals surface area contributed by atoms with E-state index < -0.39 is 11.4 Å². The van der Waals surface area contributed by atoms with Gasteiger partial charge in [0.15, 0.2) is 0 Å². The number of amides is 1. The van der Waals surface area contributed by atoms with Gasteiger partial charge in [0.05, 0.1) is 16.3 Å². The van der Waals surface area contributed by atoms with E-state index in [-0.39, 0.29) is 22.2 Å². The molecule has 0 aliphatic heterocycles. The minimum atomic E-state index is -1.12. The second kappa shape index (κ2) is 5.40. The summed E-state index contributed by atoms with van der Waals surface area (Å²) in [5.74, 6) is -1.37. The third-order valence-electron chi connectivity index (χ3n) is 2.98. The van der Waals surface area contributed by atoms with Crippen LogP contribution in [0.5, 0.6) is 0 Å². The highest BCUT2D eigenvalue weighted by molar-refractivity contribution is 6.34. The number of carboxylic acid groups (broad SMARTS) is 1. The number of carboxylic acids is 1. The molecule has 0 aliphatic rings. The Hall–Kier alpha value is -1.55. The van der Waals surface area contributed by atoms with Crippen molar-refractivity contribution in [3.8, 4) is 0 Å². The van der Waals surface area contributed by atoms with Gasteiger partial charge in [0.1, 0.15) is 0 Å². The first-order chi connectivity index (χ1) is 8.29. The Morgan fingerprint density at radius 1 is 1.39 bits per heavy atom. The van der Waals surface area contributed by atoms with Crippen LogP contribution in [-0.4, -0.2) is 17.0 Å². The lowest BCUT2D eigenvalue weighted by molar-refractivity contribution is -0.124. The van der Waals surface area contributed by atoms with E-state index in [4.69, 9.17) is 16.7 Å². The summed E-state index contributed by atoms with van der Waals surface area (Å²) in [7, 11) is 0. The van der Waals surface area contributed by atoms with Gasteiger partial charge in [-0.05, 0) is 18.6 Å².